The van der Waals surface area contributed by atoms with Crippen LogP contribution in [0.1, 0.15) is 19.4 Å². The van der Waals surface area contributed by atoms with E-state index in [0.29, 0.717) is 0 Å². The molecule has 2 atom stereocenters. The average Bonchev–Trinajstić information content (AvgIpc) is 3.04. The Kier molecular flexibility index (Phi) is 4.18. The molecule has 0 spiro atoms. The minimum atomic E-state index is -5.04. The van der Waals surface area contributed by atoms with E-state index in [0.717, 1.165) is 0 Å². The predicted octanol–water partition coefficient (Wildman–Crippen LogP) is 4.43. The molecule has 0 aromatic heterocycles. The predicted molar refractivity (Wildman–Crippen MR) is 67.2 cm³/mol. The first-order valence-corrected chi connectivity index (χ1v) is 6.63. The first kappa shape index (κ1) is 18.3. The van der Waals surface area contributed by atoms with E-state index < -0.39 is 64.0 Å². The van der Waals surface area contributed by atoms with Gasteiger partial charge in [-0.25, -0.2) is 22.0 Å². The molecule has 0 aliphatic heterocycles. The van der Waals surface area contributed by atoms with Gasteiger partial charge in [0.05, 0.1) is 5.92 Å². The molecule has 132 valence electrons. The molecular weight excluding hydrogens is 345 g/mol. The number of halogens is 7. The third-order valence-electron chi connectivity index (χ3n) is 4.15. The molecule has 0 heterocycles. The van der Waals surface area contributed by atoms with Gasteiger partial charge >= 0.3 is 12.1 Å². The quantitative estimate of drug-likeness (QED) is 0.262. The van der Waals surface area contributed by atoms with E-state index in [1.807, 2.05) is 0 Å². The molecule has 1 aliphatic carbocycles. The Bertz CT molecular complexity index is 698. The van der Waals surface area contributed by atoms with E-state index in [1.165, 1.54) is 6.08 Å². The van der Waals surface area contributed by atoms with Crippen LogP contribution in [0.25, 0.3) is 0 Å². The minimum absolute atomic E-state index is 0.516. The second kappa shape index (κ2) is 5.49. The van der Waals surface area contributed by atoms with Gasteiger partial charge in [-0.05, 0) is 11.3 Å². The zero-order valence-electron chi connectivity index (χ0n) is 12.4. The summed E-state index contributed by atoms with van der Waals surface area (Å²) < 4.78 is 97.4. The van der Waals surface area contributed by atoms with Gasteiger partial charge in [0.2, 0.25) is 5.82 Å². The van der Waals surface area contributed by atoms with Crippen LogP contribution in [0.4, 0.5) is 30.7 Å². The maximum atomic E-state index is 13.9. The van der Waals surface area contributed by atoms with Crippen molar-refractivity contribution in [2.45, 2.75) is 20.0 Å². The van der Waals surface area contributed by atoms with Gasteiger partial charge in [-0.2, -0.15) is 8.78 Å². The fourth-order valence-corrected chi connectivity index (χ4v) is 2.67. The standard InChI is InChI=1S/C15H11F7O2/c1-4-5-6(14(5,2)3)13(23)24-15(21,22)7-8(16)10(18)12(20)11(19)9(7)17/h4-6H,1H2,2-3H3. The molecule has 1 fully saturated rings. The Morgan fingerprint density at radius 1 is 1.04 bits per heavy atom. The van der Waals surface area contributed by atoms with Gasteiger partial charge in [0, 0.05) is 0 Å². The Morgan fingerprint density at radius 3 is 1.83 bits per heavy atom. The fourth-order valence-electron chi connectivity index (χ4n) is 2.67. The summed E-state index contributed by atoms with van der Waals surface area (Å²) in [4.78, 5) is 11.8. The van der Waals surface area contributed by atoms with Gasteiger partial charge in [-0.15, -0.1) is 6.58 Å². The summed E-state index contributed by atoms with van der Waals surface area (Å²) in [6.45, 7) is 6.50. The summed E-state index contributed by atoms with van der Waals surface area (Å²) >= 11 is 0. The molecule has 1 aromatic rings. The van der Waals surface area contributed by atoms with Gasteiger partial charge in [0.15, 0.2) is 23.3 Å². The second-order valence-electron chi connectivity index (χ2n) is 5.94. The molecule has 0 N–H and O–H groups in total. The first-order valence-electron chi connectivity index (χ1n) is 6.63. The number of hydrogen-bond donors (Lipinski definition) is 0. The molecule has 2 rings (SSSR count). The molecule has 0 saturated heterocycles. The minimum Gasteiger partial charge on any atom is -0.397 e. The summed E-state index contributed by atoms with van der Waals surface area (Å²) in [5.41, 5.74) is -3.29. The third kappa shape index (κ3) is 2.55. The highest BCUT2D eigenvalue weighted by atomic mass is 19.3. The van der Waals surface area contributed by atoms with E-state index in [2.05, 4.69) is 11.3 Å². The fraction of sp³-hybridized carbons (Fsp3) is 0.400. The van der Waals surface area contributed by atoms with Crippen molar-refractivity contribution in [2.24, 2.45) is 17.3 Å². The largest absolute Gasteiger partial charge is 0.434 e. The molecule has 1 aliphatic rings. The number of benzene rings is 1. The lowest BCUT2D eigenvalue weighted by Gasteiger charge is -2.19. The van der Waals surface area contributed by atoms with Crippen molar-refractivity contribution in [1.82, 2.24) is 0 Å². The summed E-state index contributed by atoms with van der Waals surface area (Å²) in [5, 5.41) is 0. The van der Waals surface area contributed by atoms with Crippen LogP contribution >= 0.6 is 0 Å². The number of hydrogen-bond acceptors (Lipinski definition) is 2. The van der Waals surface area contributed by atoms with E-state index in [1.54, 1.807) is 13.8 Å². The average molecular weight is 356 g/mol. The van der Waals surface area contributed by atoms with Crippen LogP contribution in [-0.4, -0.2) is 5.97 Å². The van der Waals surface area contributed by atoms with E-state index in [-0.39, 0.29) is 0 Å². The van der Waals surface area contributed by atoms with Crippen molar-refractivity contribution in [2.75, 3.05) is 0 Å². The van der Waals surface area contributed by atoms with Gasteiger partial charge in [0.25, 0.3) is 0 Å². The van der Waals surface area contributed by atoms with Crippen LogP contribution in [0.5, 0.6) is 0 Å². The number of ether oxygens (including phenoxy) is 1. The number of rotatable bonds is 4. The van der Waals surface area contributed by atoms with Crippen molar-refractivity contribution in [1.29, 1.82) is 0 Å². The number of alkyl halides is 2. The van der Waals surface area contributed by atoms with E-state index in [4.69, 9.17) is 0 Å². The molecule has 0 bridgehead atoms. The lowest BCUT2D eigenvalue weighted by Crippen LogP contribution is -2.28. The molecule has 1 saturated carbocycles. The Morgan fingerprint density at radius 2 is 1.46 bits per heavy atom. The summed E-state index contributed by atoms with van der Waals surface area (Å²) in [6.07, 6.45) is -3.71. The Balaban J connectivity index is 2.39. The zero-order valence-corrected chi connectivity index (χ0v) is 12.4. The molecule has 0 amide bonds. The molecule has 2 nitrogen and oxygen atoms in total. The second-order valence-corrected chi connectivity index (χ2v) is 5.94. The summed E-state index contributed by atoms with van der Waals surface area (Å²) in [7, 11) is 0. The lowest BCUT2D eigenvalue weighted by atomic mass is 10.1. The van der Waals surface area contributed by atoms with Crippen LogP contribution in [0.2, 0.25) is 0 Å². The van der Waals surface area contributed by atoms with Gasteiger partial charge in [-0.1, -0.05) is 19.9 Å². The zero-order chi connectivity index (χ0) is 18.6. The normalized spacial score (nSPS) is 22.2. The van der Waals surface area contributed by atoms with Gasteiger partial charge in [-0.3, -0.25) is 4.79 Å². The Hall–Kier alpha value is -2.06. The molecule has 2 unspecified atom stereocenters. The summed E-state index contributed by atoms with van der Waals surface area (Å²) in [5.74, 6) is -16.4. The van der Waals surface area contributed by atoms with Crippen molar-refractivity contribution in [3.05, 3.63) is 47.3 Å². The van der Waals surface area contributed by atoms with E-state index in [9.17, 15) is 35.5 Å². The topological polar surface area (TPSA) is 26.3 Å². The third-order valence-corrected chi connectivity index (χ3v) is 4.15. The number of carbonyl (C=O) groups excluding carboxylic acids is 1. The van der Waals surface area contributed by atoms with Crippen molar-refractivity contribution >= 4 is 5.97 Å². The van der Waals surface area contributed by atoms with Gasteiger partial charge in [0.1, 0.15) is 5.56 Å². The maximum Gasteiger partial charge on any atom is 0.434 e. The highest BCUT2D eigenvalue weighted by Crippen LogP contribution is 2.60. The van der Waals surface area contributed by atoms with Crippen LogP contribution in [-0.2, 0) is 15.6 Å². The highest BCUT2D eigenvalue weighted by Gasteiger charge is 2.62. The molecule has 1 aromatic carbocycles. The molecular formula is C15H11F7O2. The maximum absolute atomic E-state index is 13.9. The first-order chi connectivity index (χ1) is 10.9. The monoisotopic (exact) mass is 356 g/mol. The van der Waals surface area contributed by atoms with Crippen LogP contribution in [0.15, 0.2) is 12.7 Å². The van der Waals surface area contributed by atoms with E-state index >= 15 is 0 Å². The lowest BCUT2D eigenvalue weighted by molar-refractivity contribution is -0.244. The number of allylic oxidation sites excluding steroid dienone is 1. The van der Waals surface area contributed by atoms with Crippen LogP contribution in [0.3, 0.4) is 0 Å². The molecule has 24 heavy (non-hydrogen) atoms. The number of carbonyl (C=O) groups is 1. The van der Waals surface area contributed by atoms with Crippen molar-refractivity contribution in [3.63, 3.8) is 0 Å². The SMILES string of the molecule is C=CC1C(C(=O)OC(F)(F)c2c(F)c(F)c(F)c(F)c2F)C1(C)C. The summed E-state index contributed by atoms with van der Waals surface area (Å²) in [6, 6.07) is 0. The molecule has 9 heteroatoms. The van der Waals surface area contributed by atoms with Crippen LogP contribution in [0, 0.1) is 46.3 Å². The van der Waals surface area contributed by atoms with Crippen molar-refractivity contribution in [3.8, 4) is 0 Å². The smallest absolute Gasteiger partial charge is 0.397 e. The molecule has 0 radical (unpaired) electrons. The number of esters is 1. The van der Waals surface area contributed by atoms with Crippen molar-refractivity contribution < 1.29 is 40.3 Å². The van der Waals surface area contributed by atoms with Crippen LogP contribution < -0.4 is 0 Å². The highest BCUT2D eigenvalue weighted by molar-refractivity contribution is 5.78. The van der Waals surface area contributed by atoms with Gasteiger partial charge < -0.3 is 4.74 Å². The Labute approximate surface area is 131 Å².